The van der Waals surface area contributed by atoms with Crippen molar-refractivity contribution in [1.29, 1.82) is 0 Å². The summed E-state index contributed by atoms with van der Waals surface area (Å²) in [6, 6.07) is 7.88. The van der Waals surface area contributed by atoms with Crippen LogP contribution in [0.3, 0.4) is 0 Å². The third-order valence-electron chi connectivity index (χ3n) is 2.79. The molecule has 3 rings (SSSR count). The topological polar surface area (TPSA) is 81.9 Å². The van der Waals surface area contributed by atoms with Gasteiger partial charge in [-0.25, -0.2) is 0 Å². The lowest BCUT2D eigenvalue weighted by atomic mass is 10.3. The van der Waals surface area contributed by atoms with Crippen LogP contribution in [0.4, 0.5) is 11.7 Å². The number of nitrogens with two attached hydrogens (primary N) is 1. The Balaban J connectivity index is 1.83. The van der Waals surface area contributed by atoms with Crippen LogP contribution in [-0.4, -0.2) is 14.8 Å². The number of aryl methyl sites for hydroxylation is 1. The molecule has 0 saturated heterocycles. The fourth-order valence-electron chi connectivity index (χ4n) is 1.79. The number of rotatable bonds is 3. The first-order valence-corrected chi connectivity index (χ1v) is 5.60. The summed E-state index contributed by atoms with van der Waals surface area (Å²) in [5.74, 6) is 0. The Labute approximate surface area is 103 Å². The summed E-state index contributed by atoms with van der Waals surface area (Å²) in [5.41, 5.74) is 8.85. The van der Waals surface area contributed by atoms with E-state index in [9.17, 15) is 0 Å². The zero-order valence-electron chi connectivity index (χ0n) is 9.92. The molecule has 3 aromatic rings. The molecule has 1 aromatic carbocycles. The van der Waals surface area contributed by atoms with Gasteiger partial charge in [0.1, 0.15) is 5.52 Å². The first kappa shape index (κ1) is 10.6. The van der Waals surface area contributed by atoms with Gasteiger partial charge in [-0.1, -0.05) is 6.07 Å². The molecule has 0 radical (unpaired) electrons. The lowest BCUT2D eigenvalue weighted by Gasteiger charge is -2.01. The smallest absolute Gasteiger partial charge is 0.296 e. The highest BCUT2D eigenvalue weighted by Crippen LogP contribution is 2.23. The third kappa shape index (κ3) is 1.77. The number of nitrogens with zero attached hydrogens (tertiary/aromatic N) is 3. The number of hydrogen-bond donors (Lipinski definition) is 2. The van der Waals surface area contributed by atoms with Crippen LogP contribution in [0.15, 0.2) is 34.9 Å². The Bertz CT molecular complexity index is 685. The van der Waals surface area contributed by atoms with E-state index in [1.807, 2.05) is 25.2 Å². The van der Waals surface area contributed by atoms with Crippen molar-refractivity contribution >= 4 is 22.8 Å². The number of benzene rings is 1. The number of nitrogen functional groups attached to an aromatic ring is 1. The molecule has 6 heteroatoms. The van der Waals surface area contributed by atoms with E-state index in [0.29, 0.717) is 29.3 Å². The number of oxazole rings is 1. The van der Waals surface area contributed by atoms with Gasteiger partial charge in [0.05, 0.1) is 17.9 Å². The van der Waals surface area contributed by atoms with E-state index in [2.05, 4.69) is 15.4 Å². The molecule has 18 heavy (non-hydrogen) atoms. The molecule has 3 N–H and O–H groups in total. The molecular weight excluding hydrogens is 230 g/mol. The molecule has 0 atom stereocenters. The average Bonchev–Trinajstić information content (AvgIpc) is 2.93. The highest BCUT2D eigenvalue weighted by atomic mass is 16.4. The zero-order chi connectivity index (χ0) is 12.5. The second-order valence-electron chi connectivity index (χ2n) is 4.01. The summed E-state index contributed by atoms with van der Waals surface area (Å²) in [7, 11) is 1.89. The molecule has 0 amide bonds. The number of nitrogens with one attached hydrogen (secondary N) is 1. The van der Waals surface area contributed by atoms with Crippen LogP contribution in [0.2, 0.25) is 0 Å². The van der Waals surface area contributed by atoms with Crippen LogP contribution in [-0.2, 0) is 13.6 Å². The molecule has 0 unspecified atom stereocenters. The second kappa shape index (κ2) is 4.06. The van der Waals surface area contributed by atoms with Gasteiger partial charge in [0.2, 0.25) is 0 Å². The number of aromatic nitrogens is 3. The third-order valence-corrected chi connectivity index (χ3v) is 2.79. The van der Waals surface area contributed by atoms with Gasteiger partial charge in [0, 0.05) is 13.2 Å². The van der Waals surface area contributed by atoms with Crippen molar-refractivity contribution in [1.82, 2.24) is 14.8 Å². The summed E-state index contributed by atoms with van der Waals surface area (Å²) in [6.07, 6.45) is 1.75. The number of para-hydroxylation sites is 1. The van der Waals surface area contributed by atoms with Crippen molar-refractivity contribution in [3.8, 4) is 0 Å². The SMILES string of the molecule is Cn1nccc1CNc1nc2c(N)cccc2o1. The summed E-state index contributed by atoms with van der Waals surface area (Å²) >= 11 is 0. The van der Waals surface area contributed by atoms with Gasteiger partial charge in [-0.15, -0.1) is 0 Å². The molecule has 0 aliphatic carbocycles. The van der Waals surface area contributed by atoms with Gasteiger partial charge in [-0.05, 0) is 18.2 Å². The van der Waals surface area contributed by atoms with Crippen molar-refractivity contribution in [2.24, 2.45) is 7.05 Å². The van der Waals surface area contributed by atoms with Crippen LogP contribution < -0.4 is 11.1 Å². The van der Waals surface area contributed by atoms with E-state index in [0.717, 1.165) is 5.69 Å². The first-order valence-electron chi connectivity index (χ1n) is 5.60. The Morgan fingerprint density at radius 2 is 2.28 bits per heavy atom. The van der Waals surface area contributed by atoms with Gasteiger partial charge in [0.25, 0.3) is 6.01 Å². The van der Waals surface area contributed by atoms with Crippen molar-refractivity contribution in [2.45, 2.75) is 6.54 Å². The number of fused-ring (bicyclic) bond motifs is 1. The molecule has 0 bridgehead atoms. The Kier molecular flexibility index (Phi) is 2.40. The summed E-state index contributed by atoms with van der Waals surface area (Å²) in [6.45, 7) is 0.600. The molecule has 0 fully saturated rings. The predicted octanol–water partition coefficient (Wildman–Crippen LogP) is 1.76. The highest BCUT2D eigenvalue weighted by Gasteiger charge is 2.08. The highest BCUT2D eigenvalue weighted by molar-refractivity contribution is 5.86. The van der Waals surface area contributed by atoms with Gasteiger partial charge >= 0.3 is 0 Å². The molecule has 92 valence electrons. The van der Waals surface area contributed by atoms with Gasteiger partial charge in [-0.3, -0.25) is 4.68 Å². The number of hydrogen-bond acceptors (Lipinski definition) is 5. The second-order valence-corrected chi connectivity index (χ2v) is 4.01. The first-order chi connectivity index (χ1) is 8.74. The van der Waals surface area contributed by atoms with Crippen molar-refractivity contribution < 1.29 is 4.42 Å². The van der Waals surface area contributed by atoms with E-state index in [-0.39, 0.29) is 0 Å². The maximum Gasteiger partial charge on any atom is 0.296 e. The summed E-state index contributed by atoms with van der Waals surface area (Å²) < 4.78 is 7.35. The van der Waals surface area contributed by atoms with Crippen LogP contribution in [0, 0.1) is 0 Å². The molecule has 0 saturated carbocycles. The Morgan fingerprint density at radius 3 is 3.00 bits per heavy atom. The standard InChI is InChI=1S/C12H13N5O/c1-17-8(5-6-15-17)7-14-12-16-11-9(13)3-2-4-10(11)18-12/h2-6H,7,13H2,1H3,(H,14,16). The minimum atomic E-state index is 0.462. The fraction of sp³-hybridized carbons (Fsp3) is 0.167. The summed E-state index contributed by atoms with van der Waals surface area (Å²) in [5, 5.41) is 7.20. The molecule has 2 heterocycles. The average molecular weight is 243 g/mol. The molecule has 2 aromatic heterocycles. The maximum atomic E-state index is 5.82. The van der Waals surface area contributed by atoms with Gasteiger partial charge in [-0.2, -0.15) is 10.1 Å². The van der Waals surface area contributed by atoms with Crippen molar-refractivity contribution in [3.63, 3.8) is 0 Å². The van der Waals surface area contributed by atoms with E-state index in [1.54, 1.807) is 16.9 Å². The van der Waals surface area contributed by atoms with Crippen LogP contribution in [0.25, 0.3) is 11.1 Å². The van der Waals surface area contributed by atoms with E-state index in [1.165, 1.54) is 0 Å². The molecule has 6 nitrogen and oxygen atoms in total. The molecule has 0 aliphatic rings. The van der Waals surface area contributed by atoms with Crippen LogP contribution >= 0.6 is 0 Å². The molecular formula is C12H13N5O. The molecule has 0 spiro atoms. The van der Waals surface area contributed by atoms with Gasteiger partial charge in [0.15, 0.2) is 5.58 Å². The minimum absolute atomic E-state index is 0.462. The fourth-order valence-corrected chi connectivity index (χ4v) is 1.79. The number of anilines is 2. The van der Waals surface area contributed by atoms with E-state index < -0.39 is 0 Å². The van der Waals surface area contributed by atoms with Crippen molar-refractivity contribution in [2.75, 3.05) is 11.1 Å². The lowest BCUT2D eigenvalue weighted by Crippen LogP contribution is -2.05. The van der Waals surface area contributed by atoms with Crippen LogP contribution in [0.5, 0.6) is 0 Å². The Hall–Kier alpha value is -2.50. The zero-order valence-corrected chi connectivity index (χ0v) is 9.92. The van der Waals surface area contributed by atoms with E-state index in [4.69, 9.17) is 10.2 Å². The Morgan fingerprint density at radius 1 is 1.39 bits per heavy atom. The summed E-state index contributed by atoms with van der Waals surface area (Å²) in [4.78, 5) is 4.31. The maximum absolute atomic E-state index is 5.82. The predicted molar refractivity (Wildman–Crippen MR) is 69.0 cm³/mol. The quantitative estimate of drug-likeness (QED) is 0.685. The normalized spacial score (nSPS) is 10.9. The lowest BCUT2D eigenvalue weighted by molar-refractivity contribution is 0.610. The van der Waals surface area contributed by atoms with Gasteiger partial charge < -0.3 is 15.5 Å². The largest absolute Gasteiger partial charge is 0.423 e. The monoisotopic (exact) mass is 243 g/mol. The van der Waals surface area contributed by atoms with E-state index >= 15 is 0 Å². The van der Waals surface area contributed by atoms with Crippen LogP contribution in [0.1, 0.15) is 5.69 Å². The van der Waals surface area contributed by atoms with Crippen molar-refractivity contribution in [3.05, 3.63) is 36.2 Å². The molecule has 0 aliphatic heterocycles. The minimum Gasteiger partial charge on any atom is -0.423 e.